The average Bonchev–Trinajstić information content (AvgIpc) is 2.76. The van der Waals surface area contributed by atoms with Gasteiger partial charge in [-0.1, -0.05) is 6.92 Å². The highest BCUT2D eigenvalue weighted by Crippen LogP contribution is 2.26. The molecule has 0 fully saturated rings. The fourth-order valence-electron chi connectivity index (χ4n) is 1.46. The Morgan fingerprint density at radius 1 is 1.29 bits per heavy atom. The van der Waals surface area contributed by atoms with Gasteiger partial charge < -0.3 is 10.2 Å². The van der Waals surface area contributed by atoms with Gasteiger partial charge in [0, 0.05) is 17.0 Å². The maximum Gasteiger partial charge on any atom is 0.226 e. The molecular formula is C12H15N3OS. The Morgan fingerprint density at radius 3 is 2.71 bits per heavy atom. The number of nitrogens with zero attached hydrogens (tertiary/aromatic N) is 2. The molecule has 2 aromatic rings. The Hall–Kier alpha value is -1.49. The summed E-state index contributed by atoms with van der Waals surface area (Å²) in [6.07, 6.45) is 0.776. The molecule has 0 saturated carbocycles. The van der Waals surface area contributed by atoms with E-state index in [0.29, 0.717) is 17.5 Å². The standard InChI is InChI=1S/C12H15N3OS/c1-3-11-14-15-12(16-11)7-17-10-5-4-9(13)6-8(10)2/h4-6H,3,7,13H2,1-2H3. The zero-order chi connectivity index (χ0) is 12.3. The van der Waals surface area contributed by atoms with Crippen LogP contribution in [0, 0.1) is 6.92 Å². The van der Waals surface area contributed by atoms with Gasteiger partial charge in [0.05, 0.1) is 5.75 Å². The van der Waals surface area contributed by atoms with E-state index in [1.165, 1.54) is 10.5 Å². The molecule has 17 heavy (non-hydrogen) atoms. The quantitative estimate of drug-likeness (QED) is 0.666. The molecule has 4 nitrogen and oxygen atoms in total. The second-order valence-corrected chi connectivity index (χ2v) is 4.77. The monoisotopic (exact) mass is 249 g/mol. The van der Waals surface area contributed by atoms with Crippen LogP contribution in [-0.4, -0.2) is 10.2 Å². The van der Waals surface area contributed by atoms with Crippen molar-refractivity contribution in [2.45, 2.75) is 30.9 Å². The van der Waals surface area contributed by atoms with Gasteiger partial charge in [-0.05, 0) is 30.7 Å². The number of nitrogens with two attached hydrogens (primary N) is 1. The molecule has 0 unspecified atom stereocenters. The number of aromatic nitrogens is 2. The summed E-state index contributed by atoms with van der Waals surface area (Å²) in [5.74, 6) is 2.05. The van der Waals surface area contributed by atoms with Crippen molar-refractivity contribution < 1.29 is 4.42 Å². The first-order valence-electron chi connectivity index (χ1n) is 5.49. The van der Waals surface area contributed by atoms with Crippen molar-refractivity contribution in [2.24, 2.45) is 0 Å². The number of hydrogen-bond acceptors (Lipinski definition) is 5. The van der Waals surface area contributed by atoms with Gasteiger partial charge in [0.15, 0.2) is 0 Å². The molecule has 0 aliphatic carbocycles. The maximum atomic E-state index is 5.71. The zero-order valence-corrected chi connectivity index (χ0v) is 10.8. The summed E-state index contributed by atoms with van der Waals surface area (Å²) in [7, 11) is 0. The minimum Gasteiger partial charge on any atom is -0.424 e. The van der Waals surface area contributed by atoms with Gasteiger partial charge in [0.25, 0.3) is 0 Å². The molecule has 1 heterocycles. The summed E-state index contributed by atoms with van der Waals surface area (Å²) in [4.78, 5) is 1.19. The van der Waals surface area contributed by atoms with Crippen LogP contribution < -0.4 is 5.73 Å². The Bertz CT molecular complexity index is 510. The van der Waals surface area contributed by atoms with E-state index >= 15 is 0 Å². The van der Waals surface area contributed by atoms with Crippen molar-refractivity contribution in [3.63, 3.8) is 0 Å². The Labute approximate surface area is 105 Å². The summed E-state index contributed by atoms with van der Waals surface area (Å²) < 4.78 is 5.45. The fraction of sp³-hybridized carbons (Fsp3) is 0.333. The van der Waals surface area contributed by atoms with Gasteiger partial charge in [-0.2, -0.15) is 0 Å². The van der Waals surface area contributed by atoms with Crippen LogP contribution in [0.15, 0.2) is 27.5 Å². The van der Waals surface area contributed by atoms with Gasteiger partial charge in [-0.15, -0.1) is 22.0 Å². The summed E-state index contributed by atoms with van der Waals surface area (Å²) in [5, 5.41) is 7.92. The minimum atomic E-state index is 0.670. The number of benzene rings is 1. The van der Waals surface area contributed by atoms with Crippen LogP contribution in [0.1, 0.15) is 24.3 Å². The number of aryl methyl sites for hydroxylation is 2. The molecule has 90 valence electrons. The zero-order valence-electron chi connectivity index (χ0n) is 9.93. The molecule has 0 radical (unpaired) electrons. The van der Waals surface area contributed by atoms with Crippen molar-refractivity contribution in [1.82, 2.24) is 10.2 Å². The normalized spacial score (nSPS) is 10.7. The van der Waals surface area contributed by atoms with Crippen LogP contribution in [0.5, 0.6) is 0 Å². The fourth-order valence-corrected chi connectivity index (χ4v) is 2.31. The van der Waals surface area contributed by atoms with E-state index in [1.54, 1.807) is 11.8 Å². The molecule has 1 aromatic heterocycles. The van der Waals surface area contributed by atoms with Crippen LogP contribution in [-0.2, 0) is 12.2 Å². The lowest BCUT2D eigenvalue weighted by Crippen LogP contribution is -1.88. The van der Waals surface area contributed by atoms with Crippen LogP contribution >= 0.6 is 11.8 Å². The molecule has 0 spiro atoms. The lowest BCUT2D eigenvalue weighted by Gasteiger charge is -2.04. The number of nitrogen functional groups attached to an aromatic ring is 1. The summed E-state index contributed by atoms with van der Waals surface area (Å²) >= 11 is 1.68. The largest absolute Gasteiger partial charge is 0.424 e. The molecule has 1 aromatic carbocycles. The molecule has 0 amide bonds. The third-order valence-electron chi connectivity index (χ3n) is 2.36. The van der Waals surface area contributed by atoms with Gasteiger partial charge in [0.1, 0.15) is 0 Å². The van der Waals surface area contributed by atoms with Crippen molar-refractivity contribution >= 4 is 17.4 Å². The molecule has 0 atom stereocenters. The summed E-state index contributed by atoms with van der Waals surface area (Å²) in [6, 6.07) is 5.89. The molecule has 0 aliphatic heterocycles. The highest BCUT2D eigenvalue weighted by molar-refractivity contribution is 7.98. The lowest BCUT2D eigenvalue weighted by molar-refractivity contribution is 0.470. The molecule has 2 N–H and O–H groups in total. The first kappa shape index (κ1) is 12.0. The van der Waals surface area contributed by atoms with E-state index in [0.717, 1.165) is 12.1 Å². The van der Waals surface area contributed by atoms with Crippen molar-refractivity contribution in [2.75, 3.05) is 5.73 Å². The second kappa shape index (κ2) is 5.23. The number of rotatable bonds is 4. The van der Waals surface area contributed by atoms with Crippen LogP contribution in [0.2, 0.25) is 0 Å². The Kier molecular flexibility index (Phi) is 3.68. The lowest BCUT2D eigenvalue weighted by atomic mass is 10.2. The van der Waals surface area contributed by atoms with Crippen LogP contribution in [0.25, 0.3) is 0 Å². The van der Waals surface area contributed by atoms with Crippen molar-refractivity contribution in [1.29, 1.82) is 0 Å². The Morgan fingerprint density at radius 2 is 2.06 bits per heavy atom. The molecule has 0 saturated heterocycles. The molecule has 0 bridgehead atoms. The maximum absolute atomic E-state index is 5.71. The van der Waals surface area contributed by atoms with E-state index in [2.05, 4.69) is 10.2 Å². The summed E-state index contributed by atoms with van der Waals surface area (Å²) in [5.41, 5.74) is 7.67. The third-order valence-corrected chi connectivity index (χ3v) is 3.52. The van der Waals surface area contributed by atoms with E-state index < -0.39 is 0 Å². The molecular weight excluding hydrogens is 234 g/mol. The van der Waals surface area contributed by atoms with Gasteiger partial charge in [0.2, 0.25) is 11.8 Å². The van der Waals surface area contributed by atoms with Crippen molar-refractivity contribution in [3.8, 4) is 0 Å². The molecule has 5 heteroatoms. The Balaban J connectivity index is 2.02. The topological polar surface area (TPSA) is 64.9 Å². The van der Waals surface area contributed by atoms with E-state index in [4.69, 9.17) is 10.2 Å². The third kappa shape index (κ3) is 3.00. The highest BCUT2D eigenvalue weighted by atomic mass is 32.2. The summed E-state index contributed by atoms with van der Waals surface area (Å²) in [6.45, 7) is 4.04. The molecule has 2 rings (SSSR count). The number of anilines is 1. The SMILES string of the molecule is CCc1nnc(CSc2ccc(N)cc2C)o1. The second-order valence-electron chi connectivity index (χ2n) is 3.76. The minimum absolute atomic E-state index is 0.670. The first-order valence-corrected chi connectivity index (χ1v) is 6.47. The van der Waals surface area contributed by atoms with Gasteiger partial charge in [-0.25, -0.2) is 0 Å². The number of thioether (sulfide) groups is 1. The van der Waals surface area contributed by atoms with Gasteiger partial charge >= 0.3 is 0 Å². The van der Waals surface area contributed by atoms with E-state index in [1.807, 2.05) is 32.0 Å². The first-order chi connectivity index (χ1) is 8.19. The van der Waals surface area contributed by atoms with E-state index in [-0.39, 0.29) is 0 Å². The van der Waals surface area contributed by atoms with Crippen molar-refractivity contribution in [3.05, 3.63) is 35.5 Å². The number of hydrogen-bond donors (Lipinski definition) is 1. The smallest absolute Gasteiger partial charge is 0.226 e. The van der Waals surface area contributed by atoms with Crippen LogP contribution in [0.4, 0.5) is 5.69 Å². The highest BCUT2D eigenvalue weighted by Gasteiger charge is 2.06. The predicted molar refractivity (Wildman–Crippen MR) is 68.8 cm³/mol. The van der Waals surface area contributed by atoms with Gasteiger partial charge in [-0.3, -0.25) is 0 Å². The predicted octanol–water partition coefficient (Wildman–Crippen LogP) is 2.81. The van der Waals surface area contributed by atoms with E-state index in [9.17, 15) is 0 Å². The van der Waals surface area contributed by atoms with Crippen LogP contribution in [0.3, 0.4) is 0 Å². The average molecular weight is 249 g/mol. The molecule has 0 aliphatic rings.